The van der Waals surface area contributed by atoms with Gasteiger partial charge in [-0.3, -0.25) is 4.79 Å². The van der Waals surface area contributed by atoms with Crippen LogP contribution in [0.5, 0.6) is 0 Å². The van der Waals surface area contributed by atoms with Crippen LogP contribution in [0.15, 0.2) is 0 Å². The van der Waals surface area contributed by atoms with Gasteiger partial charge in [0, 0.05) is 17.8 Å². The van der Waals surface area contributed by atoms with Crippen molar-refractivity contribution in [2.45, 2.75) is 62.8 Å². The molecule has 3 atom stereocenters. The first-order chi connectivity index (χ1) is 9.94. The van der Waals surface area contributed by atoms with Crippen LogP contribution in [0.3, 0.4) is 0 Å². The summed E-state index contributed by atoms with van der Waals surface area (Å²) < 4.78 is 28.8. The molecule has 0 aromatic carbocycles. The first-order valence-electron chi connectivity index (χ1n) is 7.57. The highest BCUT2D eigenvalue weighted by molar-refractivity contribution is 7.99. The molecule has 1 heterocycles. The number of carboxylic acid groups (broad SMARTS) is 1. The van der Waals surface area contributed by atoms with Gasteiger partial charge in [-0.25, -0.2) is 0 Å². The number of hydrogen-bond donors (Lipinski definition) is 2. The summed E-state index contributed by atoms with van der Waals surface area (Å²) in [7, 11) is -3.71. The molecule has 2 fully saturated rings. The van der Waals surface area contributed by atoms with Crippen LogP contribution >= 0.6 is 11.8 Å². The lowest BCUT2D eigenvalue weighted by Crippen LogP contribution is -2.53. The summed E-state index contributed by atoms with van der Waals surface area (Å²) in [6.45, 7) is 2.40. The Balaban J connectivity index is 1.99. The molecule has 1 saturated carbocycles. The van der Waals surface area contributed by atoms with Crippen LogP contribution in [-0.2, 0) is 15.0 Å². The lowest BCUT2D eigenvalue weighted by Gasteiger charge is -2.32. The van der Waals surface area contributed by atoms with Gasteiger partial charge in [0.1, 0.15) is 6.04 Å². The van der Waals surface area contributed by atoms with E-state index in [1.165, 1.54) is 0 Å². The van der Waals surface area contributed by atoms with Gasteiger partial charge in [-0.2, -0.15) is 29.2 Å². The van der Waals surface area contributed by atoms with E-state index in [4.69, 9.17) is 0 Å². The highest BCUT2D eigenvalue weighted by Crippen LogP contribution is 2.30. The molecule has 0 aromatic rings. The molecule has 2 aliphatic rings. The fourth-order valence-electron chi connectivity index (χ4n) is 3.15. The van der Waals surface area contributed by atoms with Crippen molar-refractivity contribution in [3.05, 3.63) is 0 Å². The van der Waals surface area contributed by atoms with Crippen LogP contribution in [0.25, 0.3) is 0 Å². The van der Waals surface area contributed by atoms with Crippen LogP contribution < -0.4 is 4.72 Å². The maximum Gasteiger partial charge on any atom is 0.322 e. The lowest BCUT2D eigenvalue weighted by atomic mass is 10.1. The fourth-order valence-corrected chi connectivity index (χ4v) is 5.97. The molecule has 21 heavy (non-hydrogen) atoms. The van der Waals surface area contributed by atoms with Crippen molar-refractivity contribution in [2.75, 3.05) is 12.3 Å². The third kappa shape index (κ3) is 4.34. The second-order valence-corrected chi connectivity index (χ2v) is 8.90. The van der Waals surface area contributed by atoms with Gasteiger partial charge < -0.3 is 5.11 Å². The number of hydrogen-bond acceptors (Lipinski definition) is 4. The van der Waals surface area contributed by atoms with E-state index >= 15 is 0 Å². The van der Waals surface area contributed by atoms with Crippen LogP contribution in [0, 0.1) is 0 Å². The molecule has 0 spiro atoms. The molecule has 0 bridgehead atoms. The predicted octanol–water partition coefficient (Wildman–Crippen LogP) is 1.43. The number of rotatable bonds is 6. The van der Waals surface area contributed by atoms with Crippen molar-refractivity contribution >= 4 is 27.9 Å². The van der Waals surface area contributed by atoms with Gasteiger partial charge in [0.2, 0.25) is 0 Å². The first-order valence-corrected chi connectivity index (χ1v) is 10.1. The summed E-state index contributed by atoms with van der Waals surface area (Å²) in [5.41, 5.74) is 0. The second kappa shape index (κ2) is 7.30. The molecular weight excluding hydrogens is 312 g/mol. The third-order valence-corrected chi connectivity index (χ3v) is 7.07. The molecule has 0 aromatic heterocycles. The van der Waals surface area contributed by atoms with E-state index in [-0.39, 0.29) is 6.04 Å². The lowest BCUT2D eigenvalue weighted by molar-refractivity contribution is -0.142. The van der Waals surface area contributed by atoms with Crippen molar-refractivity contribution in [1.29, 1.82) is 0 Å². The maximum atomic E-state index is 12.5. The topological polar surface area (TPSA) is 86.7 Å². The summed E-state index contributed by atoms with van der Waals surface area (Å²) in [4.78, 5) is 11.2. The molecule has 0 radical (unpaired) electrons. The van der Waals surface area contributed by atoms with E-state index in [9.17, 15) is 18.3 Å². The Hall–Kier alpha value is -0.310. The zero-order chi connectivity index (χ0) is 15.5. The van der Waals surface area contributed by atoms with Gasteiger partial charge in [-0.1, -0.05) is 6.92 Å². The Labute approximate surface area is 130 Å². The number of carboxylic acids is 1. The van der Waals surface area contributed by atoms with Crippen LogP contribution in [0.4, 0.5) is 0 Å². The number of thioether (sulfide) groups is 1. The van der Waals surface area contributed by atoms with Crippen LogP contribution in [-0.4, -0.2) is 53.4 Å². The van der Waals surface area contributed by atoms with Gasteiger partial charge in [-0.05, 0) is 44.3 Å². The summed E-state index contributed by atoms with van der Waals surface area (Å²) in [5.74, 6) is -0.0110. The SMILES string of the molecule is CCSC1CCC(NS(=O)(=O)N2CCCCC2C(=O)O)C1. The van der Waals surface area contributed by atoms with Crippen LogP contribution in [0.2, 0.25) is 0 Å². The summed E-state index contributed by atoms with van der Waals surface area (Å²) in [6.07, 6.45) is 4.58. The molecular formula is C13H24N2O4S2. The molecule has 2 rings (SSSR count). The molecule has 8 heteroatoms. The van der Waals surface area contributed by atoms with Crippen molar-refractivity contribution < 1.29 is 18.3 Å². The molecule has 0 amide bonds. The predicted molar refractivity (Wildman–Crippen MR) is 83.6 cm³/mol. The molecule has 1 saturated heterocycles. The Kier molecular flexibility index (Phi) is 5.93. The van der Waals surface area contributed by atoms with E-state index in [0.29, 0.717) is 18.2 Å². The minimum atomic E-state index is -3.71. The van der Waals surface area contributed by atoms with Crippen molar-refractivity contribution in [1.82, 2.24) is 9.03 Å². The number of piperidine rings is 1. The molecule has 1 aliphatic heterocycles. The van der Waals surface area contributed by atoms with Crippen LogP contribution in [0.1, 0.15) is 45.4 Å². The molecule has 6 nitrogen and oxygen atoms in total. The monoisotopic (exact) mass is 336 g/mol. The van der Waals surface area contributed by atoms with Gasteiger partial charge in [0.15, 0.2) is 0 Å². The molecule has 122 valence electrons. The zero-order valence-electron chi connectivity index (χ0n) is 12.3. The van der Waals surface area contributed by atoms with Gasteiger partial charge in [0.05, 0.1) is 0 Å². The smallest absolute Gasteiger partial charge is 0.322 e. The average molecular weight is 336 g/mol. The van der Waals surface area contributed by atoms with Crippen molar-refractivity contribution in [3.8, 4) is 0 Å². The summed E-state index contributed by atoms with van der Waals surface area (Å²) in [5, 5.41) is 9.72. The van der Waals surface area contributed by atoms with Gasteiger partial charge >= 0.3 is 5.97 Å². The summed E-state index contributed by atoms with van der Waals surface area (Å²) >= 11 is 1.87. The molecule has 3 unspecified atom stereocenters. The molecule has 1 aliphatic carbocycles. The van der Waals surface area contributed by atoms with Crippen molar-refractivity contribution in [2.24, 2.45) is 0 Å². The van der Waals surface area contributed by atoms with E-state index < -0.39 is 22.2 Å². The largest absolute Gasteiger partial charge is 0.480 e. The van der Waals surface area contributed by atoms with E-state index in [0.717, 1.165) is 42.2 Å². The standard InChI is InChI=1S/C13H24N2O4S2/c1-2-20-11-7-6-10(9-11)14-21(18,19)15-8-4-3-5-12(15)13(16)17/h10-12,14H,2-9H2,1H3,(H,16,17). The number of nitrogens with zero attached hydrogens (tertiary/aromatic N) is 1. The minimum Gasteiger partial charge on any atom is -0.480 e. The van der Waals surface area contributed by atoms with E-state index in [1.54, 1.807) is 0 Å². The summed E-state index contributed by atoms with van der Waals surface area (Å²) in [6, 6.07) is -0.978. The van der Waals surface area contributed by atoms with E-state index in [2.05, 4.69) is 11.6 Å². The number of nitrogens with one attached hydrogen (secondary N) is 1. The number of carbonyl (C=O) groups is 1. The Morgan fingerprint density at radius 3 is 2.76 bits per heavy atom. The highest BCUT2D eigenvalue weighted by atomic mass is 32.2. The highest BCUT2D eigenvalue weighted by Gasteiger charge is 2.38. The maximum absolute atomic E-state index is 12.5. The zero-order valence-corrected chi connectivity index (χ0v) is 14.0. The van der Waals surface area contributed by atoms with E-state index in [1.807, 2.05) is 11.8 Å². The molecule has 2 N–H and O–H groups in total. The second-order valence-electron chi connectivity index (χ2n) is 5.67. The van der Waals surface area contributed by atoms with Gasteiger partial charge in [0.25, 0.3) is 10.2 Å². The van der Waals surface area contributed by atoms with Crippen molar-refractivity contribution in [3.63, 3.8) is 0 Å². The Bertz CT molecular complexity index is 469. The quantitative estimate of drug-likeness (QED) is 0.766. The Morgan fingerprint density at radius 1 is 1.33 bits per heavy atom. The third-order valence-electron chi connectivity index (χ3n) is 4.15. The average Bonchev–Trinajstić information content (AvgIpc) is 2.86. The normalized spacial score (nSPS) is 31.4. The fraction of sp³-hybridized carbons (Fsp3) is 0.923. The van der Waals surface area contributed by atoms with Gasteiger partial charge in [-0.15, -0.1) is 0 Å². The minimum absolute atomic E-state index is 0.0598. The first kappa shape index (κ1) is 17.1. The Morgan fingerprint density at radius 2 is 2.10 bits per heavy atom. The number of aliphatic carboxylic acids is 1.